The molecule has 6 rings (SSSR count). The third-order valence-electron chi connectivity index (χ3n) is 8.91. The van der Waals surface area contributed by atoms with Crippen molar-refractivity contribution in [2.45, 2.75) is 71.6 Å². The summed E-state index contributed by atoms with van der Waals surface area (Å²) in [5.41, 5.74) is 2.06. The third kappa shape index (κ3) is 11.3. The Morgan fingerprint density at radius 1 is 0.723 bits per heavy atom. The van der Waals surface area contributed by atoms with Crippen molar-refractivity contribution in [3.63, 3.8) is 0 Å². The maximum absolute atomic E-state index is 11.5. The first-order valence-electron chi connectivity index (χ1n) is 16.1. The SMILES string of the molecule is CC1(COc2ccc(C=C3SC(=O)NC3=O)cc2)CCCCC1.CC1CCC(COc2ccc(C=C3SC(=O)NC3=O)cc2)CC1.P. The molecule has 2 saturated carbocycles. The zero-order valence-corrected chi connectivity index (χ0v) is 30.2. The number of amides is 4. The molecule has 0 bridgehead atoms. The Hall–Kier alpha value is -3.07. The Kier molecular flexibility index (Phi) is 13.6. The molecule has 0 spiro atoms. The summed E-state index contributed by atoms with van der Waals surface area (Å²) in [6.07, 6.45) is 15.0. The number of carbonyl (C=O) groups is 4. The van der Waals surface area contributed by atoms with E-state index in [0.29, 0.717) is 15.7 Å². The molecule has 1 unspecified atom stereocenters. The van der Waals surface area contributed by atoms with Gasteiger partial charge in [0.05, 0.1) is 23.0 Å². The summed E-state index contributed by atoms with van der Waals surface area (Å²) in [5, 5.41) is 3.87. The first kappa shape index (κ1) is 36.8. The molecule has 4 fully saturated rings. The minimum absolute atomic E-state index is 0. The molecule has 2 aliphatic heterocycles. The number of thioether (sulfide) groups is 2. The van der Waals surface area contributed by atoms with Gasteiger partial charge in [-0.2, -0.15) is 9.90 Å². The highest BCUT2D eigenvalue weighted by molar-refractivity contribution is 8.18. The summed E-state index contributed by atoms with van der Waals surface area (Å²) < 4.78 is 11.8. The monoisotopic (exact) mass is 696 g/mol. The first-order chi connectivity index (χ1) is 22.1. The molecule has 2 aromatic carbocycles. The minimum Gasteiger partial charge on any atom is -0.493 e. The molecule has 2 aliphatic carbocycles. The van der Waals surface area contributed by atoms with E-state index in [1.165, 1.54) is 57.8 Å². The second-order valence-corrected chi connectivity index (χ2v) is 15.0. The van der Waals surface area contributed by atoms with Gasteiger partial charge in [-0.25, -0.2) is 0 Å². The molecule has 0 aromatic heterocycles. The number of rotatable bonds is 8. The molecule has 4 aliphatic rings. The van der Waals surface area contributed by atoms with Crippen LogP contribution in [-0.2, 0) is 9.59 Å². The zero-order valence-electron chi connectivity index (χ0n) is 27.2. The lowest BCUT2D eigenvalue weighted by Gasteiger charge is -2.33. The van der Waals surface area contributed by atoms with E-state index < -0.39 is 0 Å². The number of nitrogens with one attached hydrogen (secondary N) is 2. The van der Waals surface area contributed by atoms with E-state index in [1.54, 1.807) is 12.2 Å². The van der Waals surface area contributed by atoms with Gasteiger partial charge in [-0.05, 0) is 109 Å². The highest BCUT2D eigenvalue weighted by atomic mass is 32.2. The molecular formula is C36H45N2O6PS2. The van der Waals surface area contributed by atoms with Crippen LogP contribution in [0.2, 0.25) is 0 Å². The number of benzene rings is 2. The van der Waals surface area contributed by atoms with E-state index in [1.807, 2.05) is 48.5 Å². The molecule has 252 valence electrons. The van der Waals surface area contributed by atoms with Crippen LogP contribution in [0.3, 0.4) is 0 Å². The van der Waals surface area contributed by atoms with Crippen molar-refractivity contribution < 1.29 is 28.7 Å². The summed E-state index contributed by atoms with van der Waals surface area (Å²) in [5.74, 6) is 2.56. The van der Waals surface area contributed by atoms with Crippen LogP contribution in [-0.4, -0.2) is 35.5 Å². The fourth-order valence-corrected chi connectivity index (χ4v) is 7.35. The molecule has 11 heteroatoms. The van der Waals surface area contributed by atoms with Crippen LogP contribution in [0.15, 0.2) is 58.3 Å². The number of imide groups is 2. The summed E-state index contributed by atoms with van der Waals surface area (Å²) in [4.78, 5) is 46.2. The van der Waals surface area contributed by atoms with Gasteiger partial charge in [0.2, 0.25) is 0 Å². The standard InChI is InChI=1S/2C18H21NO3S.H3P/c1-12-2-4-14(5-3-12)11-22-15-8-6-13(7-9-15)10-16-17(20)19-18(21)23-16;1-18(9-3-2-4-10-18)12-22-14-7-5-13(6-8-14)11-15-16(20)19-17(21)23-15;/h6-10,12,14H,2-5,11H2,1H3,(H,19,20,21);5-8,11H,2-4,9-10,12H2,1H3,(H,19,20,21);1H3. The summed E-state index contributed by atoms with van der Waals surface area (Å²) in [7, 11) is 0. The molecule has 2 N–H and O–H groups in total. The van der Waals surface area contributed by atoms with Crippen molar-refractivity contribution in [1.82, 2.24) is 10.6 Å². The fourth-order valence-electron chi connectivity index (χ4n) is 5.98. The number of ether oxygens (including phenoxy) is 2. The number of hydrogen-bond acceptors (Lipinski definition) is 8. The Morgan fingerprint density at radius 3 is 1.64 bits per heavy atom. The van der Waals surface area contributed by atoms with Crippen molar-refractivity contribution in [2.24, 2.45) is 17.3 Å². The second kappa shape index (κ2) is 17.4. The van der Waals surface area contributed by atoms with Crippen LogP contribution < -0.4 is 20.1 Å². The van der Waals surface area contributed by atoms with E-state index in [-0.39, 0.29) is 37.6 Å². The predicted octanol–water partition coefficient (Wildman–Crippen LogP) is 8.63. The summed E-state index contributed by atoms with van der Waals surface area (Å²) in [6, 6.07) is 15.3. The average molecular weight is 697 g/mol. The molecule has 8 nitrogen and oxygen atoms in total. The molecule has 47 heavy (non-hydrogen) atoms. The normalized spacial score (nSPS) is 23.8. The topological polar surface area (TPSA) is 111 Å². The largest absolute Gasteiger partial charge is 0.493 e. The molecule has 2 saturated heterocycles. The van der Waals surface area contributed by atoms with E-state index >= 15 is 0 Å². The van der Waals surface area contributed by atoms with Gasteiger partial charge in [0, 0.05) is 5.41 Å². The molecule has 2 heterocycles. The van der Waals surface area contributed by atoms with Crippen molar-refractivity contribution in [2.75, 3.05) is 13.2 Å². The lowest BCUT2D eigenvalue weighted by molar-refractivity contribution is -0.116. The third-order valence-corrected chi connectivity index (χ3v) is 10.5. The van der Waals surface area contributed by atoms with Gasteiger partial charge in [-0.15, -0.1) is 0 Å². The highest BCUT2D eigenvalue weighted by Crippen LogP contribution is 2.36. The van der Waals surface area contributed by atoms with E-state index in [4.69, 9.17) is 9.47 Å². The van der Waals surface area contributed by atoms with Crippen molar-refractivity contribution >= 4 is 67.9 Å². The minimum atomic E-state index is -0.328. The Labute approximate surface area is 289 Å². The van der Waals surface area contributed by atoms with Crippen molar-refractivity contribution in [3.8, 4) is 11.5 Å². The first-order valence-corrected chi connectivity index (χ1v) is 17.7. The summed E-state index contributed by atoms with van der Waals surface area (Å²) in [6.45, 7) is 6.15. The molecular weight excluding hydrogens is 652 g/mol. The van der Waals surface area contributed by atoms with Crippen LogP contribution >= 0.6 is 33.4 Å². The Morgan fingerprint density at radius 2 is 1.19 bits per heavy atom. The van der Waals surface area contributed by atoms with Gasteiger partial charge in [-0.1, -0.05) is 70.2 Å². The average Bonchev–Trinajstić information content (AvgIpc) is 3.54. The van der Waals surface area contributed by atoms with Gasteiger partial charge in [0.15, 0.2) is 0 Å². The molecule has 1 atom stereocenters. The fraction of sp³-hybridized carbons (Fsp3) is 0.444. The van der Waals surface area contributed by atoms with Crippen molar-refractivity contribution in [1.29, 1.82) is 0 Å². The maximum Gasteiger partial charge on any atom is 0.290 e. The summed E-state index contributed by atoms with van der Waals surface area (Å²) >= 11 is 1.86. The van der Waals surface area contributed by atoms with Crippen LogP contribution in [0.1, 0.15) is 82.8 Å². The molecule has 2 aromatic rings. The van der Waals surface area contributed by atoms with Gasteiger partial charge >= 0.3 is 0 Å². The van der Waals surface area contributed by atoms with Crippen LogP contribution in [0.5, 0.6) is 11.5 Å². The van der Waals surface area contributed by atoms with Gasteiger partial charge in [-0.3, -0.25) is 29.8 Å². The van der Waals surface area contributed by atoms with Crippen LogP contribution in [0.4, 0.5) is 9.59 Å². The lowest BCUT2D eigenvalue weighted by Crippen LogP contribution is -2.27. The van der Waals surface area contributed by atoms with Crippen LogP contribution in [0, 0.1) is 17.3 Å². The second-order valence-electron chi connectivity index (χ2n) is 12.9. The highest BCUT2D eigenvalue weighted by Gasteiger charge is 2.28. The predicted molar refractivity (Wildman–Crippen MR) is 196 cm³/mol. The Balaban J connectivity index is 0.000000208. The number of carbonyl (C=O) groups excluding carboxylic acids is 4. The van der Waals surface area contributed by atoms with Gasteiger partial charge in [0.1, 0.15) is 11.5 Å². The van der Waals surface area contributed by atoms with Gasteiger partial charge in [0.25, 0.3) is 22.3 Å². The quantitative estimate of drug-likeness (QED) is 0.209. The molecule has 0 radical (unpaired) electrons. The van der Waals surface area contributed by atoms with Crippen molar-refractivity contribution in [3.05, 3.63) is 69.5 Å². The Bertz CT molecular complexity index is 1480. The lowest BCUT2D eigenvalue weighted by atomic mass is 9.76. The van der Waals surface area contributed by atoms with E-state index in [0.717, 1.165) is 65.3 Å². The van der Waals surface area contributed by atoms with E-state index in [9.17, 15) is 19.2 Å². The smallest absolute Gasteiger partial charge is 0.290 e. The number of hydrogen-bond donors (Lipinski definition) is 2. The molecule has 4 amide bonds. The van der Waals surface area contributed by atoms with Crippen LogP contribution in [0.25, 0.3) is 12.2 Å². The zero-order chi connectivity index (χ0) is 32.5. The van der Waals surface area contributed by atoms with Gasteiger partial charge < -0.3 is 9.47 Å². The maximum atomic E-state index is 11.5. The van der Waals surface area contributed by atoms with E-state index in [2.05, 4.69) is 24.5 Å².